The summed E-state index contributed by atoms with van der Waals surface area (Å²) < 4.78 is 47.8. The van der Waals surface area contributed by atoms with Gasteiger partial charge in [-0.2, -0.15) is 5.10 Å². The van der Waals surface area contributed by atoms with Crippen LogP contribution in [0.3, 0.4) is 0 Å². The topological polar surface area (TPSA) is 39.1 Å². The van der Waals surface area contributed by atoms with E-state index >= 15 is 0 Å². The van der Waals surface area contributed by atoms with Gasteiger partial charge in [-0.15, -0.1) is 0 Å². The highest BCUT2D eigenvalue weighted by Gasteiger charge is 2.27. The SMILES string of the molecule is CCNC(c1c(F)cc(F)cc1F)c1c(OC)cnn1C. The normalized spacial score (nSPS) is 12.5. The summed E-state index contributed by atoms with van der Waals surface area (Å²) in [5.74, 6) is -2.48. The second-order valence-corrected chi connectivity index (χ2v) is 4.50. The number of methoxy groups -OCH3 is 1. The van der Waals surface area contributed by atoms with Crippen LogP contribution < -0.4 is 10.1 Å². The number of aryl methyl sites for hydroxylation is 1. The van der Waals surface area contributed by atoms with Crippen LogP contribution in [0.4, 0.5) is 13.2 Å². The Labute approximate surface area is 120 Å². The Bertz CT molecular complexity index is 619. The molecule has 1 heterocycles. The summed E-state index contributed by atoms with van der Waals surface area (Å²) in [5.41, 5.74) is 0.198. The van der Waals surface area contributed by atoms with E-state index in [0.717, 1.165) is 0 Å². The second-order valence-electron chi connectivity index (χ2n) is 4.50. The lowest BCUT2D eigenvalue weighted by molar-refractivity contribution is 0.397. The number of halogens is 3. The lowest BCUT2D eigenvalue weighted by Gasteiger charge is -2.21. The fourth-order valence-electron chi connectivity index (χ4n) is 2.28. The summed E-state index contributed by atoms with van der Waals surface area (Å²) in [4.78, 5) is 0. The van der Waals surface area contributed by atoms with E-state index in [-0.39, 0.29) is 5.56 Å². The molecule has 4 nitrogen and oxygen atoms in total. The first kappa shape index (κ1) is 15.4. The number of ether oxygens (including phenoxy) is 1. The molecule has 1 N–H and O–H groups in total. The largest absolute Gasteiger partial charge is 0.493 e. The quantitative estimate of drug-likeness (QED) is 0.922. The van der Waals surface area contributed by atoms with Crippen LogP contribution in [0.25, 0.3) is 0 Å². The Morgan fingerprint density at radius 2 is 1.90 bits per heavy atom. The fraction of sp³-hybridized carbons (Fsp3) is 0.357. The minimum atomic E-state index is -0.957. The minimum absolute atomic E-state index is 0.264. The van der Waals surface area contributed by atoms with E-state index in [1.54, 1.807) is 14.0 Å². The van der Waals surface area contributed by atoms with Crippen molar-refractivity contribution in [2.24, 2.45) is 7.05 Å². The molecular formula is C14H16F3N3O. The average Bonchev–Trinajstić information content (AvgIpc) is 2.77. The van der Waals surface area contributed by atoms with Gasteiger partial charge in [0, 0.05) is 24.7 Å². The van der Waals surface area contributed by atoms with Crippen molar-refractivity contribution in [2.45, 2.75) is 13.0 Å². The fourth-order valence-corrected chi connectivity index (χ4v) is 2.28. The molecule has 21 heavy (non-hydrogen) atoms. The lowest BCUT2D eigenvalue weighted by atomic mass is 10.0. The molecule has 1 aromatic heterocycles. The van der Waals surface area contributed by atoms with Crippen molar-refractivity contribution in [1.82, 2.24) is 15.1 Å². The summed E-state index contributed by atoms with van der Waals surface area (Å²) in [5, 5.41) is 7.00. The Balaban J connectivity index is 2.62. The van der Waals surface area contributed by atoms with E-state index in [4.69, 9.17) is 4.74 Å². The van der Waals surface area contributed by atoms with Gasteiger partial charge in [0.05, 0.1) is 19.3 Å². The third-order valence-electron chi connectivity index (χ3n) is 3.18. The van der Waals surface area contributed by atoms with Crippen LogP contribution in [0.2, 0.25) is 0 Å². The number of nitrogens with zero attached hydrogens (tertiary/aromatic N) is 2. The average molecular weight is 299 g/mol. The zero-order chi connectivity index (χ0) is 15.6. The molecule has 0 saturated carbocycles. The molecule has 0 bridgehead atoms. The highest BCUT2D eigenvalue weighted by Crippen LogP contribution is 2.32. The number of nitrogens with one attached hydrogen (secondary N) is 1. The summed E-state index contributed by atoms with van der Waals surface area (Å²) >= 11 is 0. The van der Waals surface area contributed by atoms with Gasteiger partial charge in [-0.1, -0.05) is 6.92 Å². The Kier molecular flexibility index (Phi) is 4.52. The third kappa shape index (κ3) is 2.87. The van der Waals surface area contributed by atoms with E-state index in [0.29, 0.717) is 30.1 Å². The molecule has 0 radical (unpaired) electrons. The van der Waals surface area contributed by atoms with Gasteiger partial charge in [0.25, 0.3) is 0 Å². The van der Waals surface area contributed by atoms with Crippen LogP contribution in [-0.2, 0) is 7.05 Å². The number of hydrogen-bond donors (Lipinski definition) is 1. The summed E-state index contributed by atoms with van der Waals surface area (Å²) in [6, 6.07) is 0.482. The summed E-state index contributed by atoms with van der Waals surface area (Å²) in [6.45, 7) is 2.25. The van der Waals surface area contributed by atoms with Gasteiger partial charge in [-0.05, 0) is 6.54 Å². The molecule has 1 atom stereocenters. The van der Waals surface area contributed by atoms with Crippen molar-refractivity contribution in [2.75, 3.05) is 13.7 Å². The summed E-state index contributed by atoms with van der Waals surface area (Å²) in [7, 11) is 3.09. The first-order valence-electron chi connectivity index (χ1n) is 6.43. The molecule has 1 unspecified atom stereocenters. The predicted molar refractivity (Wildman–Crippen MR) is 71.6 cm³/mol. The van der Waals surface area contributed by atoms with Crippen molar-refractivity contribution in [3.8, 4) is 5.75 Å². The van der Waals surface area contributed by atoms with Gasteiger partial charge in [-0.25, -0.2) is 13.2 Å². The standard InChI is InChI=1S/C14H16F3N3O/c1-4-18-13(14-11(21-3)7-19-20(14)2)12-9(16)5-8(15)6-10(12)17/h5-7,13,18H,4H2,1-3H3. The molecular weight excluding hydrogens is 283 g/mol. The van der Waals surface area contributed by atoms with Gasteiger partial charge < -0.3 is 10.1 Å². The molecule has 2 rings (SSSR count). The van der Waals surface area contributed by atoms with Crippen LogP contribution in [-0.4, -0.2) is 23.4 Å². The Morgan fingerprint density at radius 3 is 2.43 bits per heavy atom. The number of hydrogen-bond acceptors (Lipinski definition) is 3. The van der Waals surface area contributed by atoms with Gasteiger partial charge in [0.15, 0.2) is 5.75 Å². The number of rotatable bonds is 5. The number of aromatic nitrogens is 2. The molecule has 0 fully saturated rings. The third-order valence-corrected chi connectivity index (χ3v) is 3.18. The first-order chi connectivity index (χ1) is 9.99. The van der Waals surface area contributed by atoms with Gasteiger partial charge in [0.1, 0.15) is 23.1 Å². The van der Waals surface area contributed by atoms with Crippen molar-refractivity contribution in [3.05, 3.63) is 47.0 Å². The van der Waals surface area contributed by atoms with E-state index < -0.39 is 23.5 Å². The maximum atomic E-state index is 14.1. The van der Waals surface area contributed by atoms with E-state index in [2.05, 4.69) is 10.4 Å². The lowest BCUT2D eigenvalue weighted by Crippen LogP contribution is -2.26. The molecule has 0 saturated heterocycles. The maximum Gasteiger partial charge on any atom is 0.161 e. The zero-order valence-electron chi connectivity index (χ0n) is 12.0. The van der Waals surface area contributed by atoms with Gasteiger partial charge >= 0.3 is 0 Å². The second kappa shape index (κ2) is 6.17. The molecule has 0 spiro atoms. The zero-order valence-corrected chi connectivity index (χ0v) is 12.0. The van der Waals surface area contributed by atoms with E-state index in [9.17, 15) is 13.2 Å². The first-order valence-corrected chi connectivity index (χ1v) is 6.43. The van der Waals surface area contributed by atoms with Gasteiger partial charge in [-0.3, -0.25) is 4.68 Å². The monoisotopic (exact) mass is 299 g/mol. The maximum absolute atomic E-state index is 14.1. The van der Waals surface area contributed by atoms with Crippen LogP contribution >= 0.6 is 0 Å². The highest BCUT2D eigenvalue weighted by atomic mass is 19.1. The number of benzene rings is 1. The van der Waals surface area contributed by atoms with Crippen molar-refractivity contribution >= 4 is 0 Å². The molecule has 114 valence electrons. The molecule has 0 aliphatic carbocycles. The molecule has 0 amide bonds. The molecule has 2 aromatic rings. The Hall–Kier alpha value is -2.02. The molecule has 7 heteroatoms. The van der Waals surface area contributed by atoms with Crippen LogP contribution in [0, 0.1) is 17.5 Å². The van der Waals surface area contributed by atoms with Crippen molar-refractivity contribution < 1.29 is 17.9 Å². The minimum Gasteiger partial charge on any atom is -0.493 e. The molecule has 0 aliphatic rings. The van der Waals surface area contributed by atoms with Crippen LogP contribution in [0.15, 0.2) is 18.3 Å². The molecule has 0 aliphatic heterocycles. The van der Waals surface area contributed by atoms with Crippen molar-refractivity contribution in [3.63, 3.8) is 0 Å². The molecule has 1 aromatic carbocycles. The smallest absolute Gasteiger partial charge is 0.161 e. The van der Waals surface area contributed by atoms with E-state index in [1.165, 1.54) is 18.0 Å². The van der Waals surface area contributed by atoms with Crippen molar-refractivity contribution in [1.29, 1.82) is 0 Å². The van der Waals surface area contributed by atoms with Crippen LogP contribution in [0.1, 0.15) is 24.2 Å². The van der Waals surface area contributed by atoms with E-state index in [1.807, 2.05) is 0 Å². The summed E-state index contributed by atoms with van der Waals surface area (Å²) in [6.07, 6.45) is 1.46. The highest BCUT2D eigenvalue weighted by molar-refractivity contribution is 5.38. The Morgan fingerprint density at radius 1 is 1.29 bits per heavy atom. The van der Waals surface area contributed by atoms with Crippen LogP contribution in [0.5, 0.6) is 5.75 Å². The van der Waals surface area contributed by atoms with Gasteiger partial charge in [0.2, 0.25) is 0 Å². The predicted octanol–water partition coefficient (Wildman–Crippen LogP) is 2.54.